The molecule has 1 heteroatoms. The van der Waals surface area contributed by atoms with Gasteiger partial charge in [-0.25, -0.2) is 0 Å². The molecule has 1 nitrogen and oxygen atoms in total. The van der Waals surface area contributed by atoms with Crippen molar-refractivity contribution >= 4 is 6.79 Å². The fourth-order valence-electron chi connectivity index (χ4n) is 1.66. The Morgan fingerprint density at radius 1 is 0.533 bits per heavy atom. The molecule has 194 valence electrons. The first-order valence-electron chi connectivity index (χ1n) is 13.8. The molecule has 30 heavy (non-hydrogen) atoms. The molecule has 1 rings (SSSR count). The number of unbranched alkanes of at least 4 members (excludes halogenated alkanes) is 3. The van der Waals surface area contributed by atoms with E-state index >= 15 is 0 Å². The molecule has 1 aliphatic carbocycles. The van der Waals surface area contributed by atoms with Crippen molar-refractivity contribution in [2.45, 2.75) is 181 Å². The second-order valence-electron chi connectivity index (χ2n) is 6.51. The van der Waals surface area contributed by atoms with Crippen molar-refractivity contribution in [1.82, 2.24) is 0 Å². The highest BCUT2D eigenvalue weighted by Crippen LogP contribution is 2.22. The van der Waals surface area contributed by atoms with Gasteiger partial charge in [0.1, 0.15) is 6.79 Å². The molecular formula is C29H72O. The van der Waals surface area contributed by atoms with Crippen LogP contribution in [-0.2, 0) is 4.79 Å². The zero-order valence-corrected chi connectivity index (χ0v) is 25.2. The monoisotopic (exact) mass is 437 g/mol. The lowest BCUT2D eigenvalue weighted by molar-refractivity contribution is -0.0979. The smallest absolute Gasteiger partial charge is 0.106 e. The second-order valence-corrected chi connectivity index (χ2v) is 6.51. The zero-order valence-electron chi connectivity index (χ0n) is 25.2. The van der Waals surface area contributed by atoms with Crippen LogP contribution in [0.1, 0.15) is 181 Å². The van der Waals surface area contributed by atoms with Crippen LogP contribution in [0.4, 0.5) is 0 Å². The minimum Gasteiger partial charge on any atom is -0.307 e. The third-order valence-corrected chi connectivity index (χ3v) is 3.10. The normalized spacial score (nSPS) is 10.2. The summed E-state index contributed by atoms with van der Waals surface area (Å²) in [4.78, 5) is 8.00. The molecule has 0 aromatic heterocycles. The van der Waals surface area contributed by atoms with Crippen molar-refractivity contribution in [2.24, 2.45) is 5.92 Å². The molecule has 0 amide bonds. The largest absolute Gasteiger partial charge is 0.307 e. The molecule has 0 aliphatic heterocycles. The number of rotatable bonds is 3. The minimum atomic E-state index is 1.04. The Balaban J connectivity index is -0.0000000319. The lowest BCUT2D eigenvalue weighted by Crippen LogP contribution is -1.99. The molecule has 1 aliphatic rings. The second kappa shape index (κ2) is 102. The summed E-state index contributed by atoms with van der Waals surface area (Å²) in [5.41, 5.74) is 0. The standard InChI is InChI=1S/C7H14.C5H12.C4H10.2C3H8.3C2H6.CH2O/c1-7-5-3-2-4-6-7;1-3-5-4-2;1-3-4-2;2*1-3-2;4*1-2/h7H,2-6H2,1H3;3-5H2,1-2H3;3-4H2,1-2H3;2*3H2,1-2H3;3*1-2H3;1H2. The van der Waals surface area contributed by atoms with Gasteiger partial charge in [0.15, 0.2) is 0 Å². The predicted molar refractivity (Wildman–Crippen MR) is 151 cm³/mol. The first kappa shape index (κ1) is 51.9. The van der Waals surface area contributed by atoms with Gasteiger partial charge in [-0.15, -0.1) is 0 Å². The summed E-state index contributed by atoms with van der Waals surface area (Å²) in [5.74, 6) is 1.04. The molecule has 1 fully saturated rings. The van der Waals surface area contributed by atoms with Gasteiger partial charge in [0.2, 0.25) is 0 Å². The van der Waals surface area contributed by atoms with E-state index < -0.39 is 0 Å². The highest BCUT2D eigenvalue weighted by atomic mass is 16.1. The maximum atomic E-state index is 8.00. The summed E-state index contributed by atoms with van der Waals surface area (Å²) in [5, 5.41) is 0. The summed E-state index contributed by atoms with van der Waals surface area (Å²) in [6, 6.07) is 0. The Kier molecular flexibility index (Phi) is 177. The third-order valence-electron chi connectivity index (χ3n) is 3.10. The van der Waals surface area contributed by atoms with Gasteiger partial charge >= 0.3 is 0 Å². The molecule has 0 atom stereocenters. The van der Waals surface area contributed by atoms with Crippen LogP contribution in [0.2, 0.25) is 0 Å². The molecule has 1 saturated carbocycles. The van der Waals surface area contributed by atoms with E-state index in [9.17, 15) is 0 Å². The molecule has 0 heterocycles. The Morgan fingerprint density at radius 3 is 0.833 bits per heavy atom. The van der Waals surface area contributed by atoms with Gasteiger partial charge < -0.3 is 4.79 Å². The van der Waals surface area contributed by atoms with Crippen LogP contribution >= 0.6 is 0 Å². The van der Waals surface area contributed by atoms with E-state index in [2.05, 4.69) is 62.3 Å². The molecule has 0 aromatic carbocycles. The minimum absolute atomic E-state index is 1.04. The number of carbonyl (C=O) groups is 1. The van der Waals surface area contributed by atoms with Crippen LogP contribution in [0.5, 0.6) is 0 Å². The Morgan fingerprint density at radius 2 is 0.767 bits per heavy atom. The summed E-state index contributed by atoms with van der Waals surface area (Å²) in [7, 11) is 0. The molecule has 0 radical (unpaired) electrons. The predicted octanol–water partition coefficient (Wildman–Crippen LogP) is 12.3. The van der Waals surface area contributed by atoms with Crippen molar-refractivity contribution < 1.29 is 4.79 Å². The van der Waals surface area contributed by atoms with Crippen molar-refractivity contribution in [1.29, 1.82) is 0 Å². The highest BCUT2D eigenvalue weighted by Gasteiger charge is 2.05. The van der Waals surface area contributed by atoms with Crippen LogP contribution in [0.3, 0.4) is 0 Å². The topological polar surface area (TPSA) is 17.1 Å². The van der Waals surface area contributed by atoms with Crippen molar-refractivity contribution in [3.8, 4) is 0 Å². The third kappa shape index (κ3) is 173. The van der Waals surface area contributed by atoms with Crippen molar-refractivity contribution in [2.75, 3.05) is 0 Å². The van der Waals surface area contributed by atoms with Gasteiger partial charge in [-0.1, -0.05) is 181 Å². The average molecular weight is 437 g/mol. The van der Waals surface area contributed by atoms with Crippen LogP contribution in [0.25, 0.3) is 0 Å². The molecular weight excluding hydrogens is 364 g/mol. The average Bonchev–Trinajstić information content (AvgIpc) is 2.82. The summed E-state index contributed by atoms with van der Waals surface area (Å²) >= 11 is 0. The van der Waals surface area contributed by atoms with Gasteiger partial charge in [-0.3, -0.25) is 0 Å². The Hall–Kier alpha value is -0.330. The van der Waals surface area contributed by atoms with Crippen LogP contribution < -0.4 is 0 Å². The SMILES string of the molecule is C=O.CC.CC.CC.CC1CCCCC1.CCC.CCC.CCCC.CCCCC. The van der Waals surface area contributed by atoms with Gasteiger partial charge in [0.25, 0.3) is 0 Å². The number of hydrogen-bond donors (Lipinski definition) is 0. The zero-order chi connectivity index (χ0) is 26.1. The van der Waals surface area contributed by atoms with E-state index in [-0.39, 0.29) is 0 Å². The quantitative estimate of drug-likeness (QED) is 0.429. The fourth-order valence-corrected chi connectivity index (χ4v) is 1.66. The first-order valence-corrected chi connectivity index (χ1v) is 13.8. The van der Waals surface area contributed by atoms with Crippen molar-refractivity contribution in [3.63, 3.8) is 0 Å². The van der Waals surface area contributed by atoms with Crippen molar-refractivity contribution in [3.05, 3.63) is 0 Å². The Bertz CT molecular complexity index is 122. The van der Waals surface area contributed by atoms with Crippen LogP contribution in [0.15, 0.2) is 0 Å². The van der Waals surface area contributed by atoms with Gasteiger partial charge in [0, 0.05) is 0 Å². The number of hydrogen-bond acceptors (Lipinski definition) is 1. The maximum absolute atomic E-state index is 8.00. The maximum Gasteiger partial charge on any atom is 0.106 e. The molecule has 0 aromatic rings. The molecule has 0 unspecified atom stereocenters. The van der Waals surface area contributed by atoms with E-state index in [1.54, 1.807) is 0 Å². The van der Waals surface area contributed by atoms with E-state index in [1.807, 2.05) is 48.3 Å². The summed E-state index contributed by atoms with van der Waals surface area (Å²) < 4.78 is 0. The van der Waals surface area contributed by atoms with Gasteiger partial charge in [0.05, 0.1) is 0 Å². The number of carbonyl (C=O) groups excluding carboxylic acids is 1. The van der Waals surface area contributed by atoms with E-state index in [0.717, 1.165) is 5.92 Å². The van der Waals surface area contributed by atoms with Gasteiger partial charge in [-0.2, -0.15) is 0 Å². The molecule has 0 spiro atoms. The lowest BCUT2D eigenvalue weighted by atomic mass is 9.91. The Labute approximate surface area is 198 Å². The van der Waals surface area contributed by atoms with E-state index in [4.69, 9.17) is 4.79 Å². The lowest BCUT2D eigenvalue weighted by Gasteiger charge is -2.15. The van der Waals surface area contributed by atoms with Crippen LogP contribution in [0, 0.1) is 5.92 Å². The van der Waals surface area contributed by atoms with E-state index in [1.165, 1.54) is 77.0 Å². The highest BCUT2D eigenvalue weighted by molar-refractivity contribution is 5.10. The molecule has 0 saturated heterocycles. The van der Waals surface area contributed by atoms with Gasteiger partial charge in [-0.05, 0) is 5.92 Å². The summed E-state index contributed by atoms with van der Waals surface area (Å²) in [6.07, 6.45) is 16.7. The van der Waals surface area contributed by atoms with E-state index in [0.29, 0.717) is 0 Å². The molecule has 0 bridgehead atoms. The summed E-state index contributed by atoms with van der Waals surface area (Å²) in [6.45, 7) is 33.6. The first-order chi connectivity index (χ1) is 14.6. The van der Waals surface area contributed by atoms with Crippen LogP contribution in [-0.4, -0.2) is 6.79 Å². The molecule has 0 N–H and O–H groups in total. The fraction of sp³-hybridized carbons (Fsp3) is 0.966.